The third kappa shape index (κ3) is 4.52. The van der Waals surface area contributed by atoms with Crippen LogP contribution >= 0.6 is 11.6 Å². The van der Waals surface area contributed by atoms with Crippen LogP contribution in [0, 0.1) is 25.1 Å². The molecule has 0 saturated carbocycles. The highest BCUT2D eigenvalue weighted by atomic mass is 35.5. The van der Waals surface area contributed by atoms with Crippen molar-refractivity contribution >= 4 is 33.9 Å². The van der Waals surface area contributed by atoms with Crippen molar-refractivity contribution in [3.8, 4) is 11.3 Å². The lowest BCUT2D eigenvalue weighted by Gasteiger charge is -2.44. The summed E-state index contributed by atoms with van der Waals surface area (Å²) in [4.78, 5) is 11.7. The van der Waals surface area contributed by atoms with E-state index in [4.69, 9.17) is 16.6 Å². The molecule has 0 amide bonds. The van der Waals surface area contributed by atoms with Crippen molar-refractivity contribution in [2.24, 2.45) is 5.41 Å². The lowest BCUT2D eigenvalue weighted by atomic mass is 9.73. The molecule has 2 aliphatic rings. The molecule has 4 aromatic rings. The molecular weight excluding hydrogens is 547 g/mol. The summed E-state index contributed by atoms with van der Waals surface area (Å²) in [6.45, 7) is 11.3. The Kier molecular flexibility index (Phi) is 6.75. The van der Waals surface area contributed by atoms with Gasteiger partial charge in [0.05, 0.1) is 50.1 Å². The second-order valence-electron chi connectivity index (χ2n) is 12.1. The number of hydrogen-bond donors (Lipinski definition) is 1. The van der Waals surface area contributed by atoms with Gasteiger partial charge in [0.25, 0.3) is 0 Å². The number of aromatic nitrogens is 4. The van der Waals surface area contributed by atoms with Gasteiger partial charge in [0, 0.05) is 24.8 Å². The number of aryl methyl sites for hydroxylation is 2. The second-order valence-corrected chi connectivity index (χ2v) is 14.4. The van der Waals surface area contributed by atoms with Crippen LogP contribution in [0.5, 0.6) is 0 Å². The van der Waals surface area contributed by atoms with Gasteiger partial charge in [-0.2, -0.15) is 5.10 Å². The number of anilines is 1. The fourth-order valence-electron chi connectivity index (χ4n) is 6.27. The van der Waals surface area contributed by atoms with Crippen LogP contribution in [0.1, 0.15) is 62.2 Å². The van der Waals surface area contributed by atoms with Gasteiger partial charge in [-0.1, -0.05) is 17.7 Å². The van der Waals surface area contributed by atoms with Crippen LogP contribution in [0.4, 0.5) is 10.2 Å². The third-order valence-electron chi connectivity index (χ3n) is 8.43. The van der Waals surface area contributed by atoms with Gasteiger partial charge in [-0.3, -0.25) is 4.98 Å². The predicted molar refractivity (Wildman–Crippen MR) is 158 cm³/mol. The fraction of sp³-hybridized carbons (Fsp3) is 0.433. The Morgan fingerprint density at radius 1 is 1.10 bits per heavy atom. The standard InChI is InChI=1S/C30H34ClFN6OS/c1-18-25(31)23(8-12-33-18)26-19(2)35-28(24-9-13-34-38(24)26)37-14-10-30(11-15-37)17-20-16-21(32)6-7-22(20)27(30)36-40(39)29(3,4)5/h6-9,12-13,16,27,36H,10-11,14-15,17H2,1-5H3/t27-,40-/m1/s1. The van der Waals surface area contributed by atoms with Gasteiger partial charge in [-0.15, -0.1) is 0 Å². The van der Waals surface area contributed by atoms with E-state index >= 15 is 0 Å². The molecule has 3 aromatic heterocycles. The number of nitrogens with zero attached hydrogens (tertiary/aromatic N) is 5. The molecule has 1 spiro atoms. The topological polar surface area (TPSA) is 75.4 Å². The van der Waals surface area contributed by atoms with Crippen molar-refractivity contribution < 1.29 is 8.60 Å². The molecule has 6 rings (SSSR count). The molecule has 1 saturated heterocycles. The molecule has 210 valence electrons. The first-order valence-electron chi connectivity index (χ1n) is 13.7. The van der Waals surface area contributed by atoms with Crippen molar-refractivity contribution in [1.82, 2.24) is 24.3 Å². The van der Waals surface area contributed by atoms with Crippen LogP contribution in [0.2, 0.25) is 5.02 Å². The van der Waals surface area contributed by atoms with Crippen molar-refractivity contribution in [3.05, 3.63) is 76.1 Å². The minimum Gasteiger partial charge on any atom is -0.355 e. The molecule has 1 aliphatic carbocycles. The Labute approximate surface area is 241 Å². The fourth-order valence-corrected chi connectivity index (χ4v) is 7.41. The molecule has 1 fully saturated rings. The average molecular weight is 581 g/mol. The second kappa shape index (κ2) is 9.89. The van der Waals surface area contributed by atoms with Gasteiger partial charge >= 0.3 is 0 Å². The summed E-state index contributed by atoms with van der Waals surface area (Å²) < 4.78 is 32.4. The number of fused-ring (bicyclic) bond motifs is 2. The van der Waals surface area contributed by atoms with E-state index in [1.54, 1.807) is 18.5 Å². The zero-order valence-corrected chi connectivity index (χ0v) is 25.0. The maximum Gasteiger partial charge on any atom is 0.155 e. The zero-order valence-electron chi connectivity index (χ0n) is 23.5. The van der Waals surface area contributed by atoms with Crippen LogP contribution < -0.4 is 9.62 Å². The first kappa shape index (κ1) is 27.3. The van der Waals surface area contributed by atoms with E-state index in [-0.39, 0.29) is 17.3 Å². The van der Waals surface area contributed by atoms with Crippen molar-refractivity contribution in [1.29, 1.82) is 0 Å². The molecule has 0 radical (unpaired) electrons. The Balaban J connectivity index is 1.33. The highest BCUT2D eigenvalue weighted by molar-refractivity contribution is 7.84. The summed E-state index contributed by atoms with van der Waals surface area (Å²) in [6.07, 6.45) is 6.04. The van der Waals surface area contributed by atoms with E-state index < -0.39 is 15.7 Å². The molecule has 4 heterocycles. The van der Waals surface area contributed by atoms with Crippen LogP contribution in [0.15, 0.2) is 42.7 Å². The number of piperidine rings is 1. The highest BCUT2D eigenvalue weighted by Crippen LogP contribution is 2.53. The van der Waals surface area contributed by atoms with Crippen LogP contribution in [-0.2, 0) is 17.4 Å². The Morgan fingerprint density at radius 2 is 1.85 bits per heavy atom. The largest absolute Gasteiger partial charge is 0.355 e. The highest BCUT2D eigenvalue weighted by Gasteiger charge is 2.49. The van der Waals surface area contributed by atoms with Gasteiger partial charge in [0.2, 0.25) is 0 Å². The monoisotopic (exact) mass is 580 g/mol. The third-order valence-corrected chi connectivity index (χ3v) is 10.5. The molecule has 1 N–H and O–H groups in total. The Bertz CT molecular complexity index is 1640. The van der Waals surface area contributed by atoms with Crippen LogP contribution in [0.25, 0.3) is 16.8 Å². The summed E-state index contributed by atoms with van der Waals surface area (Å²) in [5, 5.41) is 5.25. The van der Waals surface area contributed by atoms with Crippen LogP contribution in [-0.4, -0.2) is 41.6 Å². The van der Waals surface area contributed by atoms with Crippen molar-refractivity contribution in [3.63, 3.8) is 0 Å². The van der Waals surface area contributed by atoms with E-state index in [2.05, 4.69) is 19.7 Å². The summed E-state index contributed by atoms with van der Waals surface area (Å²) >= 11 is 6.66. The summed E-state index contributed by atoms with van der Waals surface area (Å²) in [7, 11) is -1.25. The van der Waals surface area contributed by atoms with Crippen molar-refractivity contribution in [2.75, 3.05) is 18.0 Å². The first-order chi connectivity index (χ1) is 19.0. The quantitative estimate of drug-likeness (QED) is 0.314. The lowest BCUT2D eigenvalue weighted by Crippen LogP contribution is -2.48. The molecule has 0 bridgehead atoms. The number of halogens is 2. The molecule has 10 heteroatoms. The van der Waals surface area contributed by atoms with Gasteiger partial charge in [-0.25, -0.2) is 22.8 Å². The van der Waals surface area contributed by atoms with Gasteiger partial charge in [0.15, 0.2) is 5.82 Å². The smallest absolute Gasteiger partial charge is 0.155 e. The molecule has 1 aliphatic heterocycles. The van der Waals surface area contributed by atoms with E-state index in [1.807, 2.05) is 57.3 Å². The van der Waals surface area contributed by atoms with E-state index in [9.17, 15) is 8.60 Å². The molecule has 0 unspecified atom stereocenters. The average Bonchev–Trinajstić information content (AvgIpc) is 3.49. The van der Waals surface area contributed by atoms with E-state index in [0.717, 1.165) is 77.5 Å². The Hall–Kier alpha value is -2.88. The molecule has 7 nitrogen and oxygen atoms in total. The van der Waals surface area contributed by atoms with Gasteiger partial charge in [0.1, 0.15) is 11.3 Å². The summed E-state index contributed by atoms with van der Waals surface area (Å²) in [5.41, 5.74) is 6.15. The minimum atomic E-state index is -1.25. The van der Waals surface area contributed by atoms with Gasteiger partial charge in [-0.05, 0) is 94.7 Å². The molecule has 40 heavy (non-hydrogen) atoms. The minimum absolute atomic E-state index is 0.102. The molecule has 1 aromatic carbocycles. The lowest BCUT2D eigenvalue weighted by molar-refractivity contribution is 0.177. The number of nitrogens with one attached hydrogen (secondary N) is 1. The predicted octanol–water partition coefficient (Wildman–Crippen LogP) is 6.14. The number of pyridine rings is 1. The zero-order chi connectivity index (χ0) is 28.4. The Morgan fingerprint density at radius 3 is 2.58 bits per heavy atom. The molecule has 2 atom stereocenters. The SMILES string of the molecule is Cc1nccc(-c2c(C)nc(N3CCC4(CC3)Cc3cc(F)ccc3[C@H]4N[S@](=O)C(C)(C)C)c3ccnn23)c1Cl. The maximum absolute atomic E-state index is 14.2. The first-order valence-corrected chi connectivity index (χ1v) is 15.2. The number of benzene rings is 1. The van der Waals surface area contributed by atoms with E-state index in [0.29, 0.717) is 5.02 Å². The summed E-state index contributed by atoms with van der Waals surface area (Å²) in [6, 6.07) is 8.83. The van der Waals surface area contributed by atoms with Crippen molar-refractivity contribution in [2.45, 2.75) is 64.7 Å². The van der Waals surface area contributed by atoms with E-state index in [1.165, 1.54) is 6.07 Å². The van der Waals surface area contributed by atoms with Crippen LogP contribution in [0.3, 0.4) is 0 Å². The number of rotatable bonds is 4. The van der Waals surface area contributed by atoms with Gasteiger partial charge < -0.3 is 4.90 Å². The molecular formula is C30H34ClFN6OS. The maximum atomic E-state index is 14.2. The normalized spacial score (nSPS) is 19.4. The number of hydrogen-bond acceptors (Lipinski definition) is 5. The summed E-state index contributed by atoms with van der Waals surface area (Å²) in [5.74, 6) is 0.663.